The van der Waals surface area contributed by atoms with Crippen LogP contribution in [0.2, 0.25) is 0 Å². The fraction of sp³-hybridized carbons (Fsp3) is 0.722. The Morgan fingerprint density at radius 3 is 3.00 bits per heavy atom. The average molecular weight is 347 g/mol. The predicted octanol–water partition coefficient (Wildman–Crippen LogP) is 1.33. The van der Waals surface area contributed by atoms with Crippen molar-refractivity contribution < 1.29 is 9.59 Å². The first-order valence-corrected chi connectivity index (χ1v) is 9.52. The van der Waals surface area contributed by atoms with Gasteiger partial charge in [-0.2, -0.15) is 5.10 Å². The molecule has 0 saturated carbocycles. The number of aromatic nitrogens is 2. The first kappa shape index (κ1) is 17.9. The summed E-state index contributed by atoms with van der Waals surface area (Å²) in [5, 5.41) is 10.9. The number of likely N-dealkylation sites (tertiary alicyclic amines) is 1. The Bertz CT molecular complexity index is 594. The van der Waals surface area contributed by atoms with E-state index in [0.29, 0.717) is 24.7 Å². The van der Waals surface area contributed by atoms with Gasteiger partial charge in [0.15, 0.2) is 0 Å². The zero-order chi connectivity index (χ0) is 17.6. The third kappa shape index (κ3) is 4.60. The van der Waals surface area contributed by atoms with E-state index in [-0.39, 0.29) is 17.9 Å². The molecule has 1 aromatic heterocycles. The third-order valence-corrected chi connectivity index (χ3v) is 5.02. The summed E-state index contributed by atoms with van der Waals surface area (Å²) < 4.78 is 1.92. The summed E-state index contributed by atoms with van der Waals surface area (Å²) in [4.78, 5) is 26.4. The summed E-state index contributed by atoms with van der Waals surface area (Å²) in [5.41, 5.74) is 0.506. The summed E-state index contributed by atoms with van der Waals surface area (Å²) in [6.45, 7) is 5.27. The highest BCUT2D eigenvalue weighted by molar-refractivity contribution is 5.92. The predicted molar refractivity (Wildman–Crippen MR) is 95.3 cm³/mol. The van der Waals surface area contributed by atoms with Gasteiger partial charge in [-0.3, -0.25) is 14.3 Å². The topological polar surface area (TPSA) is 79.3 Å². The normalized spacial score (nSPS) is 24.1. The first-order valence-electron chi connectivity index (χ1n) is 9.52. The monoisotopic (exact) mass is 347 g/mol. The van der Waals surface area contributed by atoms with E-state index in [0.717, 1.165) is 51.7 Å². The lowest BCUT2D eigenvalue weighted by Crippen LogP contribution is -2.49. The van der Waals surface area contributed by atoms with Gasteiger partial charge >= 0.3 is 0 Å². The van der Waals surface area contributed by atoms with Gasteiger partial charge in [0.25, 0.3) is 5.91 Å². The lowest BCUT2D eigenvalue weighted by molar-refractivity contribution is -0.122. The van der Waals surface area contributed by atoms with Crippen LogP contribution in [0.4, 0.5) is 0 Å². The SMILES string of the molecule is CCCC(=O)NC1CCCN(C(=O)c2ccn(C3CCCNC3)n2)C1. The van der Waals surface area contributed by atoms with E-state index in [1.165, 1.54) is 0 Å². The molecule has 138 valence electrons. The maximum absolute atomic E-state index is 12.8. The maximum Gasteiger partial charge on any atom is 0.274 e. The van der Waals surface area contributed by atoms with Gasteiger partial charge in [-0.05, 0) is 44.7 Å². The molecule has 0 bridgehead atoms. The van der Waals surface area contributed by atoms with Crippen LogP contribution in [-0.2, 0) is 4.79 Å². The Morgan fingerprint density at radius 2 is 2.24 bits per heavy atom. The summed E-state index contributed by atoms with van der Waals surface area (Å²) in [5.74, 6) is 0.0489. The molecular formula is C18H29N5O2. The standard InChI is InChI=1S/C18H29N5O2/c1-2-5-17(24)20-14-6-4-10-22(13-14)18(25)16-8-11-23(21-16)15-7-3-9-19-12-15/h8,11,14-15,19H,2-7,9-10,12-13H2,1H3,(H,20,24). The molecule has 3 rings (SSSR count). The van der Waals surface area contributed by atoms with Crippen molar-refractivity contribution in [1.29, 1.82) is 0 Å². The lowest BCUT2D eigenvalue weighted by Gasteiger charge is -2.32. The maximum atomic E-state index is 12.8. The number of piperidine rings is 2. The highest BCUT2D eigenvalue weighted by Gasteiger charge is 2.27. The number of nitrogens with one attached hydrogen (secondary N) is 2. The smallest absolute Gasteiger partial charge is 0.274 e. The van der Waals surface area contributed by atoms with Gasteiger partial charge < -0.3 is 15.5 Å². The van der Waals surface area contributed by atoms with Gasteiger partial charge in [0.1, 0.15) is 5.69 Å². The van der Waals surface area contributed by atoms with E-state index < -0.39 is 0 Å². The van der Waals surface area contributed by atoms with Crippen LogP contribution in [0.1, 0.15) is 62.0 Å². The van der Waals surface area contributed by atoms with E-state index in [1.807, 2.05) is 28.8 Å². The minimum Gasteiger partial charge on any atom is -0.352 e. The molecule has 7 nitrogen and oxygen atoms in total. The molecule has 0 radical (unpaired) electrons. The molecule has 2 fully saturated rings. The summed E-state index contributed by atoms with van der Waals surface area (Å²) in [6, 6.07) is 2.20. The van der Waals surface area contributed by atoms with Crippen LogP contribution in [0.3, 0.4) is 0 Å². The molecule has 0 aromatic carbocycles. The van der Waals surface area contributed by atoms with E-state index in [1.54, 1.807) is 0 Å². The number of carbonyl (C=O) groups excluding carboxylic acids is 2. The molecule has 1 aromatic rings. The number of amides is 2. The van der Waals surface area contributed by atoms with Crippen LogP contribution < -0.4 is 10.6 Å². The highest BCUT2D eigenvalue weighted by Crippen LogP contribution is 2.18. The fourth-order valence-corrected chi connectivity index (χ4v) is 3.68. The molecule has 2 amide bonds. The number of carbonyl (C=O) groups is 2. The van der Waals surface area contributed by atoms with Crippen LogP contribution in [0, 0.1) is 0 Å². The molecule has 2 atom stereocenters. The van der Waals surface area contributed by atoms with E-state index >= 15 is 0 Å². The van der Waals surface area contributed by atoms with Gasteiger partial charge in [-0.25, -0.2) is 0 Å². The van der Waals surface area contributed by atoms with E-state index in [4.69, 9.17) is 0 Å². The number of hydrogen-bond donors (Lipinski definition) is 2. The van der Waals surface area contributed by atoms with Crippen molar-refractivity contribution in [1.82, 2.24) is 25.3 Å². The minimum atomic E-state index is -0.0306. The van der Waals surface area contributed by atoms with Gasteiger partial charge in [0.05, 0.1) is 6.04 Å². The van der Waals surface area contributed by atoms with Crippen molar-refractivity contribution in [2.24, 2.45) is 0 Å². The second-order valence-corrected chi connectivity index (χ2v) is 7.09. The molecule has 0 aliphatic carbocycles. The van der Waals surface area contributed by atoms with Crippen molar-refractivity contribution in [3.05, 3.63) is 18.0 Å². The molecule has 2 unspecified atom stereocenters. The molecule has 2 aliphatic heterocycles. The number of nitrogens with zero attached hydrogens (tertiary/aromatic N) is 3. The Labute approximate surface area is 149 Å². The van der Waals surface area contributed by atoms with Crippen molar-refractivity contribution in [2.45, 2.75) is 57.5 Å². The van der Waals surface area contributed by atoms with Crippen molar-refractivity contribution in [2.75, 3.05) is 26.2 Å². The Kier molecular flexibility index (Phi) is 6.07. The molecule has 25 heavy (non-hydrogen) atoms. The van der Waals surface area contributed by atoms with Gasteiger partial charge in [-0.15, -0.1) is 0 Å². The van der Waals surface area contributed by atoms with Crippen LogP contribution in [0.5, 0.6) is 0 Å². The number of rotatable bonds is 5. The van der Waals surface area contributed by atoms with Gasteiger partial charge in [0, 0.05) is 38.3 Å². The van der Waals surface area contributed by atoms with Crippen molar-refractivity contribution >= 4 is 11.8 Å². The average Bonchev–Trinajstić information content (AvgIpc) is 3.12. The molecule has 2 aliphatic rings. The van der Waals surface area contributed by atoms with Gasteiger partial charge in [0.2, 0.25) is 5.91 Å². The fourth-order valence-electron chi connectivity index (χ4n) is 3.68. The molecule has 2 N–H and O–H groups in total. The zero-order valence-electron chi connectivity index (χ0n) is 15.0. The second kappa shape index (κ2) is 8.47. The summed E-state index contributed by atoms with van der Waals surface area (Å²) in [6.07, 6.45) is 7.38. The summed E-state index contributed by atoms with van der Waals surface area (Å²) >= 11 is 0. The van der Waals surface area contributed by atoms with Crippen LogP contribution in [-0.4, -0.2) is 58.7 Å². The summed E-state index contributed by atoms with van der Waals surface area (Å²) in [7, 11) is 0. The third-order valence-electron chi connectivity index (χ3n) is 5.02. The quantitative estimate of drug-likeness (QED) is 0.842. The molecular weight excluding hydrogens is 318 g/mol. The Morgan fingerprint density at radius 1 is 1.36 bits per heavy atom. The molecule has 7 heteroatoms. The van der Waals surface area contributed by atoms with Gasteiger partial charge in [-0.1, -0.05) is 6.92 Å². The van der Waals surface area contributed by atoms with Crippen molar-refractivity contribution in [3.63, 3.8) is 0 Å². The van der Waals surface area contributed by atoms with Crippen molar-refractivity contribution in [3.8, 4) is 0 Å². The molecule has 3 heterocycles. The van der Waals surface area contributed by atoms with E-state index in [9.17, 15) is 9.59 Å². The van der Waals surface area contributed by atoms with E-state index in [2.05, 4.69) is 15.7 Å². The van der Waals surface area contributed by atoms with Crippen LogP contribution in [0.15, 0.2) is 12.3 Å². The number of hydrogen-bond acceptors (Lipinski definition) is 4. The minimum absolute atomic E-state index is 0.0306. The highest BCUT2D eigenvalue weighted by atomic mass is 16.2. The Hall–Kier alpha value is -1.89. The lowest BCUT2D eigenvalue weighted by atomic mass is 10.0. The zero-order valence-corrected chi connectivity index (χ0v) is 15.0. The molecule has 2 saturated heterocycles. The second-order valence-electron chi connectivity index (χ2n) is 7.09. The first-order chi connectivity index (χ1) is 12.2. The Balaban J connectivity index is 1.58. The van der Waals surface area contributed by atoms with Crippen LogP contribution in [0.25, 0.3) is 0 Å². The van der Waals surface area contributed by atoms with Crippen LogP contribution >= 0.6 is 0 Å². The molecule has 0 spiro atoms. The largest absolute Gasteiger partial charge is 0.352 e.